The van der Waals surface area contributed by atoms with Crippen molar-refractivity contribution in [2.24, 2.45) is 0 Å². The average molecular weight is 269 g/mol. The summed E-state index contributed by atoms with van der Waals surface area (Å²) in [7, 11) is 0. The first kappa shape index (κ1) is 9.09. The van der Waals surface area contributed by atoms with Crippen molar-refractivity contribution in [2.75, 3.05) is 6.54 Å². The molecule has 0 aromatic rings. The molecule has 1 fully saturated rings. The smallest absolute Gasteiger partial charge is 0.407 e. The van der Waals surface area contributed by atoms with E-state index in [1.165, 1.54) is 0 Å². The number of cyclic esters (lactones) is 1. The number of ether oxygens (including phenoxy) is 1. The summed E-state index contributed by atoms with van der Waals surface area (Å²) in [5, 5.41) is 2.64. The summed E-state index contributed by atoms with van der Waals surface area (Å²) in [5.41, 5.74) is 0. The van der Waals surface area contributed by atoms with E-state index < -0.39 is 0 Å². The number of nitrogens with one attached hydrogen (secondary N) is 1. The van der Waals surface area contributed by atoms with Crippen molar-refractivity contribution in [3.05, 3.63) is 0 Å². The second-order valence-corrected chi connectivity index (χ2v) is 4.23. The van der Waals surface area contributed by atoms with Crippen LogP contribution >= 0.6 is 22.6 Å². The molecule has 1 aliphatic heterocycles. The van der Waals surface area contributed by atoms with Gasteiger partial charge < -0.3 is 10.1 Å². The lowest BCUT2D eigenvalue weighted by molar-refractivity contribution is 0.139. The molecule has 11 heavy (non-hydrogen) atoms. The van der Waals surface area contributed by atoms with Crippen LogP contribution < -0.4 is 5.32 Å². The molecule has 1 saturated heterocycles. The highest BCUT2D eigenvalue weighted by atomic mass is 127. The van der Waals surface area contributed by atoms with Crippen LogP contribution in [0.25, 0.3) is 0 Å². The molecule has 0 aromatic carbocycles. The second kappa shape index (κ2) is 4.13. The zero-order valence-corrected chi connectivity index (χ0v) is 8.63. The van der Waals surface area contributed by atoms with E-state index in [2.05, 4.69) is 34.8 Å². The minimum Gasteiger partial charge on any atom is -0.443 e. The highest BCUT2D eigenvalue weighted by Crippen LogP contribution is 2.18. The predicted molar refractivity (Wildman–Crippen MR) is 51.0 cm³/mol. The maximum absolute atomic E-state index is 10.6. The Hall–Kier alpha value is 0. The number of alkyl carbamates (subject to hydrolysis) is 1. The Morgan fingerprint density at radius 2 is 2.64 bits per heavy atom. The van der Waals surface area contributed by atoms with Crippen molar-refractivity contribution >= 4 is 28.7 Å². The molecule has 64 valence electrons. The Balaban J connectivity index is 2.30. The molecule has 0 unspecified atom stereocenters. The molecule has 0 bridgehead atoms. The van der Waals surface area contributed by atoms with E-state index in [-0.39, 0.29) is 12.2 Å². The van der Waals surface area contributed by atoms with E-state index in [0.717, 1.165) is 12.8 Å². The highest BCUT2D eigenvalue weighted by molar-refractivity contribution is 14.1. The van der Waals surface area contributed by atoms with Gasteiger partial charge in [-0.05, 0) is 6.42 Å². The van der Waals surface area contributed by atoms with E-state index in [4.69, 9.17) is 4.74 Å². The van der Waals surface area contributed by atoms with Crippen molar-refractivity contribution < 1.29 is 9.53 Å². The largest absolute Gasteiger partial charge is 0.443 e. The van der Waals surface area contributed by atoms with E-state index >= 15 is 0 Å². The highest BCUT2D eigenvalue weighted by Gasteiger charge is 2.28. The van der Waals surface area contributed by atoms with Gasteiger partial charge in [0.1, 0.15) is 6.10 Å². The van der Waals surface area contributed by atoms with Crippen molar-refractivity contribution in [3.63, 3.8) is 0 Å². The van der Waals surface area contributed by atoms with Gasteiger partial charge in [0, 0.05) is 3.92 Å². The molecule has 0 radical (unpaired) electrons. The minimum atomic E-state index is -0.271. The summed E-state index contributed by atoms with van der Waals surface area (Å²) >= 11 is 2.34. The van der Waals surface area contributed by atoms with Crippen molar-refractivity contribution in [3.8, 4) is 0 Å². The Kier molecular flexibility index (Phi) is 3.42. The van der Waals surface area contributed by atoms with Crippen LogP contribution in [0, 0.1) is 0 Å². The Bertz CT molecular complexity index is 151. The number of halogens is 1. The first-order valence-electron chi connectivity index (χ1n) is 3.82. The summed E-state index contributed by atoms with van der Waals surface area (Å²) in [6, 6.07) is 0. The van der Waals surface area contributed by atoms with Crippen LogP contribution in [0.1, 0.15) is 19.8 Å². The summed E-state index contributed by atoms with van der Waals surface area (Å²) in [6.07, 6.45) is 2.07. The molecular weight excluding hydrogens is 257 g/mol. The first-order chi connectivity index (χ1) is 5.24. The number of amides is 1. The normalized spacial score (nSPS) is 26.0. The van der Waals surface area contributed by atoms with Gasteiger partial charge in [0.15, 0.2) is 0 Å². The number of alkyl halides is 1. The zero-order chi connectivity index (χ0) is 8.27. The molecule has 0 aliphatic carbocycles. The molecule has 2 atom stereocenters. The molecule has 0 spiro atoms. The molecule has 4 heteroatoms. The molecule has 1 rings (SSSR count). The lowest BCUT2D eigenvalue weighted by Gasteiger charge is -2.13. The first-order valence-corrected chi connectivity index (χ1v) is 5.07. The molecule has 0 aromatic heterocycles. The Morgan fingerprint density at radius 3 is 3.09 bits per heavy atom. The predicted octanol–water partition coefficient (Wildman–Crippen LogP) is 1.70. The fourth-order valence-electron chi connectivity index (χ4n) is 1.07. The average Bonchev–Trinajstić information content (AvgIpc) is 2.36. The molecule has 1 aliphatic rings. The van der Waals surface area contributed by atoms with Crippen LogP contribution in [0.2, 0.25) is 0 Å². The van der Waals surface area contributed by atoms with Crippen molar-refractivity contribution in [2.45, 2.75) is 29.8 Å². The second-order valence-electron chi connectivity index (χ2n) is 2.63. The van der Waals surface area contributed by atoms with Gasteiger partial charge in [0.2, 0.25) is 0 Å². The molecule has 1 heterocycles. The number of hydrogen-bond donors (Lipinski definition) is 1. The topological polar surface area (TPSA) is 38.3 Å². The van der Waals surface area contributed by atoms with Gasteiger partial charge >= 0.3 is 6.09 Å². The van der Waals surface area contributed by atoms with Gasteiger partial charge in [0.05, 0.1) is 6.54 Å². The Labute approximate surface area is 80.0 Å². The third kappa shape index (κ3) is 2.50. The number of hydrogen-bond acceptors (Lipinski definition) is 2. The summed E-state index contributed by atoms with van der Waals surface area (Å²) in [6.45, 7) is 2.81. The van der Waals surface area contributed by atoms with Crippen LogP contribution in [0.15, 0.2) is 0 Å². The van der Waals surface area contributed by atoms with E-state index in [1.54, 1.807) is 0 Å². The lowest BCUT2D eigenvalue weighted by atomic mass is 10.2. The molecule has 0 saturated carbocycles. The van der Waals surface area contributed by atoms with E-state index in [1.807, 2.05) is 0 Å². The standard InChI is InChI=1S/C7H12INO2/c1-2-3-5(8)6-4-9-7(10)11-6/h5-6H,2-4H2,1H3,(H,9,10)/t5-,6-/m0/s1. The van der Waals surface area contributed by atoms with E-state index in [0.29, 0.717) is 10.5 Å². The van der Waals surface area contributed by atoms with Crippen molar-refractivity contribution in [1.29, 1.82) is 0 Å². The minimum absolute atomic E-state index is 0.0862. The molecular formula is C7H12INO2. The quantitative estimate of drug-likeness (QED) is 0.625. The monoisotopic (exact) mass is 269 g/mol. The van der Waals surface area contributed by atoms with Gasteiger partial charge in [0.25, 0.3) is 0 Å². The number of carbonyl (C=O) groups excluding carboxylic acids is 1. The molecule has 1 amide bonds. The van der Waals surface area contributed by atoms with Gasteiger partial charge in [-0.3, -0.25) is 0 Å². The maximum Gasteiger partial charge on any atom is 0.407 e. The van der Waals surface area contributed by atoms with Crippen LogP contribution in [0.3, 0.4) is 0 Å². The van der Waals surface area contributed by atoms with Gasteiger partial charge in [-0.1, -0.05) is 35.9 Å². The van der Waals surface area contributed by atoms with Crippen LogP contribution in [0.5, 0.6) is 0 Å². The SMILES string of the molecule is CCC[C@H](I)[C@@H]1CNC(=O)O1. The lowest BCUT2D eigenvalue weighted by Crippen LogP contribution is -2.24. The Morgan fingerprint density at radius 1 is 1.91 bits per heavy atom. The fourth-order valence-corrected chi connectivity index (χ4v) is 2.09. The third-order valence-electron chi connectivity index (χ3n) is 1.67. The molecule has 1 N–H and O–H groups in total. The molecule has 3 nitrogen and oxygen atoms in total. The fraction of sp³-hybridized carbons (Fsp3) is 0.857. The van der Waals surface area contributed by atoms with Gasteiger partial charge in [-0.2, -0.15) is 0 Å². The number of carbonyl (C=O) groups is 1. The number of rotatable bonds is 3. The van der Waals surface area contributed by atoms with Crippen LogP contribution in [-0.4, -0.2) is 22.7 Å². The summed E-state index contributed by atoms with van der Waals surface area (Å²) in [5.74, 6) is 0. The van der Waals surface area contributed by atoms with E-state index in [9.17, 15) is 4.79 Å². The third-order valence-corrected chi connectivity index (χ3v) is 3.10. The zero-order valence-electron chi connectivity index (χ0n) is 6.47. The van der Waals surface area contributed by atoms with Gasteiger partial charge in [-0.25, -0.2) is 4.79 Å². The van der Waals surface area contributed by atoms with Gasteiger partial charge in [-0.15, -0.1) is 0 Å². The van der Waals surface area contributed by atoms with Crippen LogP contribution in [0.4, 0.5) is 4.79 Å². The van der Waals surface area contributed by atoms with Crippen molar-refractivity contribution in [1.82, 2.24) is 5.32 Å². The summed E-state index contributed by atoms with van der Waals surface area (Å²) in [4.78, 5) is 10.6. The maximum atomic E-state index is 10.6. The van der Waals surface area contributed by atoms with Crippen LogP contribution in [-0.2, 0) is 4.74 Å². The summed E-state index contributed by atoms with van der Waals surface area (Å²) < 4.78 is 5.47.